The molecule has 1 atom stereocenters. The average molecular weight is 507 g/mol. The highest BCUT2D eigenvalue weighted by molar-refractivity contribution is 6.43. The molecule has 0 spiro atoms. The number of rotatable bonds is 6. The third kappa shape index (κ3) is 5.16. The van der Waals surface area contributed by atoms with Crippen LogP contribution in [-0.2, 0) is 18.4 Å². The largest absolute Gasteiger partial charge is 0.347 e. The van der Waals surface area contributed by atoms with Gasteiger partial charge in [0.15, 0.2) is 0 Å². The lowest BCUT2D eigenvalue weighted by Gasteiger charge is -2.40. The predicted octanol–water partition coefficient (Wildman–Crippen LogP) is 4.02. The van der Waals surface area contributed by atoms with E-state index in [1.807, 2.05) is 44.2 Å². The van der Waals surface area contributed by atoms with Crippen LogP contribution in [0.2, 0.25) is 0 Å². The molecule has 1 aliphatic rings. The smallest absolute Gasteiger partial charge is 0.294 e. The van der Waals surface area contributed by atoms with E-state index in [0.717, 1.165) is 16.8 Å². The Morgan fingerprint density at radius 1 is 1.08 bits per heavy atom. The summed E-state index contributed by atoms with van der Waals surface area (Å²) in [7, 11) is 3.51. The van der Waals surface area contributed by atoms with Crippen molar-refractivity contribution < 1.29 is 18.8 Å². The molecule has 3 aromatic rings. The van der Waals surface area contributed by atoms with E-state index in [0.29, 0.717) is 37.1 Å². The lowest BCUT2D eigenvalue weighted by atomic mass is 10.0. The number of likely N-dealkylation sites (N-methyl/N-ethyl adjacent to an activating group) is 1. The van der Waals surface area contributed by atoms with Crippen molar-refractivity contribution in [2.45, 2.75) is 46.3 Å². The highest BCUT2D eigenvalue weighted by atomic mass is 19.1. The number of Topliss-reactive ketones (excluding diaryl/α,β-unsaturated/α-hetero) is 1. The number of fused-ring (bicyclic) bond motifs is 1. The third-order valence-corrected chi connectivity index (χ3v) is 7.55. The van der Waals surface area contributed by atoms with Gasteiger partial charge in [-0.05, 0) is 63.6 Å². The minimum absolute atomic E-state index is 0.0255. The molecule has 2 heterocycles. The maximum absolute atomic E-state index is 13.9. The van der Waals surface area contributed by atoms with Gasteiger partial charge in [-0.25, -0.2) is 4.39 Å². The number of carbonyl (C=O) groups excluding carboxylic acids is 3. The second-order valence-corrected chi connectivity index (χ2v) is 10.3. The van der Waals surface area contributed by atoms with Crippen LogP contribution in [0, 0.1) is 12.7 Å². The lowest BCUT2D eigenvalue weighted by Crippen LogP contribution is -2.53. The fourth-order valence-electron chi connectivity index (χ4n) is 4.97. The first-order chi connectivity index (χ1) is 17.5. The van der Waals surface area contributed by atoms with Crippen molar-refractivity contribution in [3.8, 4) is 0 Å². The number of benzene rings is 2. The number of hydrogen-bond donors (Lipinski definition) is 0. The highest BCUT2D eigenvalue weighted by Gasteiger charge is 2.32. The molecule has 2 amide bonds. The fourth-order valence-corrected chi connectivity index (χ4v) is 4.97. The highest BCUT2D eigenvalue weighted by Crippen LogP contribution is 2.29. The van der Waals surface area contributed by atoms with Crippen LogP contribution in [0.25, 0.3) is 10.9 Å². The number of aryl methyl sites for hydroxylation is 1. The minimum Gasteiger partial charge on any atom is -0.347 e. The van der Waals surface area contributed by atoms with Crippen molar-refractivity contribution in [2.75, 3.05) is 26.7 Å². The monoisotopic (exact) mass is 506 g/mol. The Kier molecular flexibility index (Phi) is 7.50. The minimum atomic E-state index is -0.583. The number of aromatic nitrogens is 1. The van der Waals surface area contributed by atoms with Gasteiger partial charge in [0.25, 0.3) is 11.8 Å². The summed E-state index contributed by atoms with van der Waals surface area (Å²) in [5.74, 6) is -1.48. The normalized spacial score (nSPS) is 16.4. The zero-order chi connectivity index (χ0) is 27.0. The maximum atomic E-state index is 13.9. The molecule has 8 heteroatoms. The molecule has 1 aliphatic heterocycles. The van der Waals surface area contributed by atoms with Gasteiger partial charge in [0.2, 0.25) is 5.78 Å². The number of amides is 2. The second kappa shape index (κ2) is 10.5. The van der Waals surface area contributed by atoms with Gasteiger partial charge in [-0.2, -0.15) is 0 Å². The van der Waals surface area contributed by atoms with E-state index in [1.165, 1.54) is 17.0 Å². The van der Waals surface area contributed by atoms with Crippen molar-refractivity contribution in [1.29, 1.82) is 0 Å². The number of piperazine rings is 1. The summed E-state index contributed by atoms with van der Waals surface area (Å²) in [5.41, 5.74) is 3.53. The first-order valence-electron chi connectivity index (χ1n) is 12.7. The number of nitrogens with zero attached hydrogens (tertiary/aromatic N) is 4. The summed E-state index contributed by atoms with van der Waals surface area (Å²) in [6.07, 6.45) is 0. The van der Waals surface area contributed by atoms with Gasteiger partial charge in [0.1, 0.15) is 5.82 Å². The second-order valence-electron chi connectivity index (χ2n) is 10.3. The molecule has 4 rings (SSSR count). The standard InChI is InChI=1S/C29H35FN4O3/c1-18(2)31(5)29(37)27(35)22-9-12-25-24(15-22)26(20(4)32(25)6)28(36)34-14-13-33(16-19(34)3)17-21-7-10-23(30)11-8-21/h7-12,15,18-19H,13-14,16-17H2,1-6H3/t19-/m1/s1. The molecular formula is C29H35FN4O3. The van der Waals surface area contributed by atoms with Crippen LogP contribution in [0.3, 0.4) is 0 Å². The first-order valence-corrected chi connectivity index (χ1v) is 12.7. The SMILES string of the molecule is Cc1c(C(=O)N2CCN(Cc3ccc(F)cc3)C[C@H]2C)c2cc(C(=O)C(=O)N(C)C(C)C)ccc2n1C. The first kappa shape index (κ1) is 26.5. The molecule has 0 saturated carbocycles. The molecule has 1 saturated heterocycles. The maximum Gasteiger partial charge on any atom is 0.294 e. The quantitative estimate of drug-likeness (QED) is 0.374. The van der Waals surface area contributed by atoms with Crippen LogP contribution in [0.15, 0.2) is 42.5 Å². The van der Waals surface area contributed by atoms with Crippen molar-refractivity contribution >= 4 is 28.5 Å². The number of hydrogen-bond acceptors (Lipinski definition) is 4. The van der Waals surface area contributed by atoms with Crippen LogP contribution in [0.5, 0.6) is 0 Å². The Hall–Kier alpha value is -3.52. The molecule has 1 aromatic heterocycles. The van der Waals surface area contributed by atoms with E-state index in [9.17, 15) is 18.8 Å². The Labute approximate surface area is 217 Å². The molecule has 0 unspecified atom stereocenters. The predicted molar refractivity (Wildman–Crippen MR) is 142 cm³/mol. The number of ketones is 1. The van der Waals surface area contributed by atoms with Crippen molar-refractivity contribution in [3.05, 3.63) is 70.7 Å². The van der Waals surface area contributed by atoms with Crippen LogP contribution < -0.4 is 0 Å². The summed E-state index contributed by atoms with van der Waals surface area (Å²) in [5, 5.41) is 0.678. The zero-order valence-corrected chi connectivity index (χ0v) is 22.4. The number of carbonyl (C=O) groups is 3. The summed E-state index contributed by atoms with van der Waals surface area (Å²) in [4.78, 5) is 45.0. The van der Waals surface area contributed by atoms with Crippen LogP contribution in [0.4, 0.5) is 4.39 Å². The third-order valence-electron chi connectivity index (χ3n) is 7.55. The van der Waals surface area contributed by atoms with Crippen molar-refractivity contribution in [2.24, 2.45) is 7.05 Å². The van der Waals surface area contributed by atoms with Gasteiger partial charge < -0.3 is 14.4 Å². The Bertz CT molecular complexity index is 1350. The van der Waals surface area contributed by atoms with Crippen LogP contribution >= 0.6 is 0 Å². The molecule has 196 valence electrons. The van der Waals surface area contributed by atoms with E-state index in [2.05, 4.69) is 4.90 Å². The molecular weight excluding hydrogens is 471 g/mol. The molecule has 0 bridgehead atoms. The van der Waals surface area contributed by atoms with E-state index in [-0.39, 0.29) is 29.4 Å². The van der Waals surface area contributed by atoms with Crippen molar-refractivity contribution in [3.63, 3.8) is 0 Å². The molecule has 37 heavy (non-hydrogen) atoms. The molecule has 0 N–H and O–H groups in total. The lowest BCUT2D eigenvalue weighted by molar-refractivity contribution is -0.126. The Morgan fingerprint density at radius 2 is 1.76 bits per heavy atom. The summed E-state index contributed by atoms with van der Waals surface area (Å²) in [6.45, 7) is 10.3. The van der Waals surface area contributed by atoms with Gasteiger partial charge in [-0.3, -0.25) is 19.3 Å². The van der Waals surface area contributed by atoms with E-state index >= 15 is 0 Å². The van der Waals surface area contributed by atoms with Gasteiger partial charge in [-0.15, -0.1) is 0 Å². The van der Waals surface area contributed by atoms with Crippen molar-refractivity contribution in [1.82, 2.24) is 19.3 Å². The summed E-state index contributed by atoms with van der Waals surface area (Å²) < 4.78 is 15.2. The number of halogens is 1. The van der Waals surface area contributed by atoms with E-state index in [1.54, 1.807) is 37.4 Å². The van der Waals surface area contributed by atoms with E-state index in [4.69, 9.17) is 0 Å². The summed E-state index contributed by atoms with van der Waals surface area (Å²) >= 11 is 0. The van der Waals surface area contributed by atoms with Crippen LogP contribution in [0.1, 0.15) is 52.7 Å². The molecule has 7 nitrogen and oxygen atoms in total. The average Bonchev–Trinajstić information content (AvgIpc) is 3.12. The molecule has 0 aliphatic carbocycles. The van der Waals surface area contributed by atoms with Gasteiger partial charge in [0, 0.05) is 74.5 Å². The molecule has 1 fully saturated rings. The van der Waals surface area contributed by atoms with Gasteiger partial charge in [0.05, 0.1) is 5.56 Å². The van der Waals surface area contributed by atoms with E-state index < -0.39 is 11.7 Å². The van der Waals surface area contributed by atoms with Gasteiger partial charge >= 0.3 is 0 Å². The van der Waals surface area contributed by atoms with Gasteiger partial charge in [-0.1, -0.05) is 12.1 Å². The molecule has 0 radical (unpaired) electrons. The fraction of sp³-hybridized carbons (Fsp3) is 0.414. The Morgan fingerprint density at radius 3 is 2.38 bits per heavy atom. The summed E-state index contributed by atoms with van der Waals surface area (Å²) in [6, 6.07) is 11.5. The Balaban J connectivity index is 1.58. The topological polar surface area (TPSA) is 65.9 Å². The zero-order valence-electron chi connectivity index (χ0n) is 22.4. The molecule has 2 aromatic carbocycles. The van der Waals surface area contributed by atoms with Crippen LogP contribution in [-0.4, -0.2) is 75.6 Å².